The molecule has 0 atom stereocenters. The molecule has 112 valence electrons. The van der Waals surface area contributed by atoms with Crippen molar-refractivity contribution in [2.24, 2.45) is 4.99 Å². The van der Waals surface area contributed by atoms with Gasteiger partial charge < -0.3 is 9.47 Å². The van der Waals surface area contributed by atoms with Crippen LogP contribution in [0.1, 0.15) is 16.7 Å². The van der Waals surface area contributed by atoms with E-state index in [0.29, 0.717) is 12.1 Å². The summed E-state index contributed by atoms with van der Waals surface area (Å²) >= 11 is 0. The van der Waals surface area contributed by atoms with Crippen molar-refractivity contribution in [1.29, 1.82) is 5.26 Å². The first kappa shape index (κ1) is 15.6. The Morgan fingerprint density at radius 3 is 2.64 bits per heavy atom. The van der Waals surface area contributed by atoms with Gasteiger partial charge in [-0.2, -0.15) is 5.26 Å². The van der Waals surface area contributed by atoms with E-state index in [2.05, 4.69) is 11.1 Å². The Bertz CT molecular complexity index is 702. The van der Waals surface area contributed by atoms with Crippen molar-refractivity contribution in [1.82, 2.24) is 0 Å². The van der Waals surface area contributed by atoms with Crippen molar-refractivity contribution in [3.05, 3.63) is 59.2 Å². The molecule has 0 bridgehead atoms. The molecule has 0 radical (unpaired) electrons. The lowest BCUT2D eigenvalue weighted by molar-refractivity contribution is 0.354. The molecule has 2 aromatic carbocycles. The summed E-state index contributed by atoms with van der Waals surface area (Å²) in [6.07, 6.45) is 2.61. The Hall–Kier alpha value is -2.80. The second-order valence-electron chi connectivity index (χ2n) is 4.71. The van der Waals surface area contributed by atoms with Crippen LogP contribution in [0, 0.1) is 11.3 Å². The highest BCUT2D eigenvalue weighted by Gasteiger charge is 2.03. The summed E-state index contributed by atoms with van der Waals surface area (Å²) in [5.41, 5.74) is 2.72. The van der Waals surface area contributed by atoms with E-state index < -0.39 is 0 Å². The Labute approximate surface area is 130 Å². The van der Waals surface area contributed by atoms with Crippen LogP contribution in [0.3, 0.4) is 0 Å². The Morgan fingerprint density at radius 2 is 1.91 bits per heavy atom. The van der Waals surface area contributed by atoms with Crippen LogP contribution in [0.15, 0.2) is 47.5 Å². The molecule has 0 aliphatic rings. The summed E-state index contributed by atoms with van der Waals surface area (Å²) < 4.78 is 10.5. The Kier molecular flexibility index (Phi) is 5.56. The lowest BCUT2D eigenvalue weighted by atomic mass is 10.1. The van der Waals surface area contributed by atoms with E-state index >= 15 is 0 Å². The summed E-state index contributed by atoms with van der Waals surface area (Å²) in [4.78, 5) is 4.40. The van der Waals surface area contributed by atoms with Gasteiger partial charge in [-0.1, -0.05) is 18.2 Å². The van der Waals surface area contributed by atoms with E-state index in [9.17, 15) is 0 Å². The van der Waals surface area contributed by atoms with Gasteiger partial charge >= 0.3 is 0 Å². The molecule has 0 fully saturated rings. The van der Waals surface area contributed by atoms with Gasteiger partial charge in [0.2, 0.25) is 0 Å². The van der Waals surface area contributed by atoms with Gasteiger partial charge in [0.15, 0.2) is 11.5 Å². The Balaban J connectivity index is 1.96. The molecule has 0 aliphatic carbocycles. The molecular formula is C18H18N2O2. The average molecular weight is 294 g/mol. The second kappa shape index (κ2) is 7.84. The number of methoxy groups -OCH3 is 2. The highest BCUT2D eigenvalue weighted by atomic mass is 16.5. The van der Waals surface area contributed by atoms with E-state index in [4.69, 9.17) is 14.7 Å². The van der Waals surface area contributed by atoms with Gasteiger partial charge in [-0.3, -0.25) is 4.99 Å². The zero-order valence-corrected chi connectivity index (χ0v) is 12.7. The number of aliphatic imine (C=N–C) groups is 1. The van der Waals surface area contributed by atoms with E-state index in [1.807, 2.05) is 36.4 Å². The first-order chi connectivity index (χ1) is 10.8. The van der Waals surface area contributed by atoms with E-state index in [0.717, 1.165) is 29.0 Å². The number of hydrogen-bond acceptors (Lipinski definition) is 4. The van der Waals surface area contributed by atoms with Gasteiger partial charge in [-0.05, 0) is 41.8 Å². The van der Waals surface area contributed by atoms with Crippen molar-refractivity contribution in [3.63, 3.8) is 0 Å². The maximum absolute atomic E-state index is 8.86. The molecule has 0 saturated carbocycles. The summed E-state index contributed by atoms with van der Waals surface area (Å²) in [5, 5.41) is 8.86. The maximum atomic E-state index is 8.86. The summed E-state index contributed by atoms with van der Waals surface area (Å²) in [5.74, 6) is 1.45. The van der Waals surface area contributed by atoms with Crippen LogP contribution in [0.25, 0.3) is 0 Å². The fourth-order valence-electron chi connectivity index (χ4n) is 2.09. The third-order valence-electron chi connectivity index (χ3n) is 3.23. The van der Waals surface area contributed by atoms with Gasteiger partial charge in [0.05, 0.1) is 25.9 Å². The largest absolute Gasteiger partial charge is 0.493 e. The molecule has 0 unspecified atom stereocenters. The van der Waals surface area contributed by atoms with Crippen LogP contribution in [0.5, 0.6) is 11.5 Å². The number of nitriles is 1. The van der Waals surface area contributed by atoms with Gasteiger partial charge in [-0.25, -0.2) is 0 Å². The fourth-order valence-corrected chi connectivity index (χ4v) is 2.09. The molecule has 0 spiro atoms. The average Bonchev–Trinajstić information content (AvgIpc) is 2.58. The number of rotatable bonds is 6. The SMILES string of the molecule is COc1ccc(CCN=Cc2cccc(C#N)c2)cc1OC. The zero-order chi connectivity index (χ0) is 15.8. The lowest BCUT2D eigenvalue weighted by Gasteiger charge is -2.08. The number of benzene rings is 2. The highest BCUT2D eigenvalue weighted by molar-refractivity contribution is 5.80. The maximum Gasteiger partial charge on any atom is 0.160 e. The minimum atomic E-state index is 0.642. The van der Waals surface area contributed by atoms with E-state index in [1.54, 1.807) is 26.5 Å². The second-order valence-corrected chi connectivity index (χ2v) is 4.71. The lowest BCUT2D eigenvalue weighted by Crippen LogP contribution is -1.95. The zero-order valence-electron chi connectivity index (χ0n) is 12.7. The van der Waals surface area contributed by atoms with Gasteiger partial charge in [0.25, 0.3) is 0 Å². The molecule has 0 N–H and O–H groups in total. The standard InChI is InChI=1S/C18H18N2O2/c1-21-17-7-6-14(11-18(17)22-2)8-9-20-13-16-5-3-4-15(10-16)12-19/h3-7,10-11,13H,8-9H2,1-2H3. The number of nitrogens with zero attached hydrogens (tertiary/aromatic N) is 2. The summed E-state index contributed by atoms with van der Waals surface area (Å²) in [6.45, 7) is 0.673. The minimum absolute atomic E-state index is 0.642. The molecule has 4 nitrogen and oxygen atoms in total. The van der Waals surface area contributed by atoms with Crippen LogP contribution in [0.4, 0.5) is 0 Å². The van der Waals surface area contributed by atoms with Gasteiger partial charge in [0.1, 0.15) is 0 Å². The molecule has 2 aromatic rings. The summed E-state index contributed by atoms with van der Waals surface area (Å²) in [6, 6.07) is 15.4. The first-order valence-corrected chi connectivity index (χ1v) is 6.97. The molecule has 4 heteroatoms. The fraction of sp³-hybridized carbons (Fsp3) is 0.222. The van der Waals surface area contributed by atoms with Crippen molar-refractivity contribution in [2.75, 3.05) is 20.8 Å². The van der Waals surface area contributed by atoms with Crippen molar-refractivity contribution in [3.8, 4) is 17.6 Å². The molecule has 0 saturated heterocycles. The van der Waals surface area contributed by atoms with Gasteiger partial charge in [0, 0.05) is 12.8 Å². The molecule has 0 aliphatic heterocycles. The van der Waals surface area contributed by atoms with Crippen LogP contribution in [-0.4, -0.2) is 27.0 Å². The Morgan fingerprint density at radius 1 is 1.09 bits per heavy atom. The minimum Gasteiger partial charge on any atom is -0.493 e. The van der Waals surface area contributed by atoms with E-state index in [-0.39, 0.29) is 0 Å². The van der Waals surface area contributed by atoms with Crippen molar-refractivity contribution >= 4 is 6.21 Å². The van der Waals surface area contributed by atoms with Crippen LogP contribution in [-0.2, 0) is 6.42 Å². The highest BCUT2D eigenvalue weighted by Crippen LogP contribution is 2.27. The third kappa shape index (κ3) is 4.10. The van der Waals surface area contributed by atoms with Crippen LogP contribution >= 0.6 is 0 Å². The summed E-state index contributed by atoms with van der Waals surface area (Å²) in [7, 11) is 3.25. The van der Waals surface area contributed by atoms with Gasteiger partial charge in [-0.15, -0.1) is 0 Å². The van der Waals surface area contributed by atoms with Crippen LogP contribution in [0.2, 0.25) is 0 Å². The quantitative estimate of drug-likeness (QED) is 0.769. The molecular weight excluding hydrogens is 276 g/mol. The number of ether oxygens (including phenoxy) is 2. The molecule has 0 heterocycles. The monoisotopic (exact) mass is 294 g/mol. The predicted octanol–water partition coefficient (Wildman–Crippen LogP) is 3.24. The third-order valence-corrected chi connectivity index (χ3v) is 3.23. The molecule has 22 heavy (non-hydrogen) atoms. The molecule has 0 amide bonds. The van der Waals surface area contributed by atoms with Crippen molar-refractivity contribution < 1.29 is 9.47 Å². The van der Waals surface area contributed by atoms with Crippen LogP contribution < -0.4 is 9.47 Å². The normalized spacial score (nSPS) is 10.4. The van der Waals surface area contributed by atoms with E-state index in [1.165, 1.54) is 0 Å². The number of hydrogen-bond donors (Lipinski definition) is 0. The molecule has 2 rings (SSSR count). The van der Waals surface area contributed by atoms with Crippen molar-refractivity contribution in [2.45, 2.75) is 6.42 Å². The molecule has 0 aromatic heterocycles. The first-order valence-electron chi connectivity index (χ1n) is 6.97. The topological polar surface area (TPSA) is 54.6 Å². The smallest absolute Gasteiger partial charge is 0.160 e. The predicted molar refractivity (Wildman–Crippen MR) is 86.9 cm³/mol.